The van der Waals surface area contributed by atoms with Crippen molar-refractivity contribution < 1.29 is 14.3 Å². The first-order valence-corrected chi connectivity index (χ1v) is 7.97. The van der Waals surface area contributed by atoms with E-state index >= 15 is 0 Å². The van der Waals surface area contributed by atoms with Gasteiger partial charge in [-0.05, 0) is 18.3 Å². The summed E-state index contributed by atoms with van der Waals surface area (Å²) in [6.45, 7) is 11.6. The van der Waals surface area contributed by atoms with Crippen molar-refractivity contribution in [2.75, 3.05) is 11.9 Å². The number of aromatic nitrogens is 1. The van der Waals surface area contributed by atoms with Crippen LogP contribution in [-0.2, 0) is 14.3 Å². The van der Waals surface area contributed by atoms with Crippen molar-refractivity contribution in [2.45, 2.75) is 47.5 Å². The summed E-state index contributed by atoms with van der Waals surface area (Å²) in [5.41, 5.74) is 0.410. The third-order valence-electron chi connectivity index (χ3n) is 2.99. The molecule has 118 valence electrons. The first kappa shape index (κ1) is 17.6. The SMILES string of the molecule is CCOC(=O)C(C(=O)Nc1nc(C(C)C)cs1)C(C)(C)C. The number of amides is 1. The van der Waals surface area contributed by atoms with Gasteiger partial charge in [-0.3, -0.25) is 9.59 Å². The van der Waals surface area contributed by atoms with Crippen LogP contribution in [0.25, 0.3) is 0 Å². The van der Waals surface area contributed by atoms with Gasteiger partial charge in [-0.1, -0.05) is 34.6 Å². The highest BCUT2D eigenvalue weighted by molar-refractivity contribution is 7.13. The molecule has 1 heterocycles. The molecule has 1 rings (SSSR count). The lowest BCUT2D eigenvalue weighted by atomic mass is 9.80. The molecule has 0 aliphatic rings. The standard InChI is InChI=1S/C15H24N2O3S/c1-7-20-13(19)11(15(4,5)6)12(18)17-14-16-10(8-21-14)9(2)3/h8-9,11H,7H2,1-6H3,(H,16,17,18). The van der Waals surface area contributed by atoms with E-state index in [1.165, 1.54) is 11.3 Å². The third kappa shape index (κ3) is 4.81. The topological polar surface area (TPSA) is 68.3 Å². The fourth-order valence-electron chi connectivity index (χ4n) is 1.87. The quantitative estimate of drug-likeness (QED) is 0.668. The van der Waals surface area contributed by atoms with Gasteiger partial charge in [-0.15, -0.1) is 11.3 Å². The van der Waals surface area contributed by atoms with Crippen LogP contribution in [0.4, 0.5) is 5.13 Å². The van der Waals surface area contributed by atoms with E-state index in [-0.39, 0.29) is 12.5 Å². The Morgan fingerprint density at radius 3 is 2.43 bits per heavy atom. The van der Waals surface area contributed by atoms with Gasteiger partial charge in [-0.25, -0.2) is 4.98 Å². The number of thiazole rings is 1. The van der Waals surface area contributed by atoms with E-state index in [0.717, 1.165) is 5.69 Å². The second-order valence-electron chi connectivity index (χ2n) is 6.27. The van der Waals surface area contributed by atoms with Crippen molar-refractivity contribution in [1.82, 2.24) is 4.98 Å². The van der Waals surface area contributed by atoms with Crippen molar-refractivity contribution >= 4 is 28.3 Å². The summed E-state index contributed by atoms with van der Waals surface area (Å²) in [4.78, 5) is 28.8. The molecule has 0 bridgehead atoms. The van der Waals surface area contributed by atoms with Crippen molar-refractivity contribution in [2.24, 2.45) is 11.3 Å². The summed E-state index contributed by atoms with van der Waals surface area (Å²) in [6, 6.07) is 0. The molecular formula is C15H24N2O3S. The van der Waals surface area contributed by atoms with Crippen molar-refractivity contribution in [1.29, 1.82) is 0 Å². The van der Waals surface area contributed by atoms with Gasteiger partial charge < -0.3 is 10.1 Å². The molecular weight excluding hydrogens is 288 g/mol. The monoisotopic (exact) mass is 312 g/mol. The summed E-state index contributed by atoms with van der Waals surface area (Å²) in [5, 5.41) is 5.16. The van der Waals surface area contributed by atoms with Crippen LogP contribution in [0.5, 0.6) is 0 Å². The van der Waals surface area contributed by atoms with Crippen LogP contribution in [0, 0.1) is 11.3 Å². The minimum atomic E-state index is -0.858. The number of anilines is 1. The second kappa shape index (κ2) is 7.02. The summed E-state index contributed by atoms with van der Waals surface area (Å²) in [6.07, 6.45) is 0. The zero-order valence-corrected chi connectivity index (χ0v) is 14.3. The van der Waals surface area contributed by atoms with Gasteiger partial charge in [0.15, 0.2) is 5.13 Å². The fourth-order valence-corrected chi connectivity index (χ4v) is 2.74. The van der Waals surface area contributed by atoms with Crippen LogP contribution in [-0.4, -0.2) is 23.5 Å². The van der Waals surface area contributed by atoms with Crippen LogP contribution < -0.4 is 5.32 Å². The number of nitrogens with zero attached hydrogens (tertiary/aromatic N) is 1. The van der Waals surface area contributed by atoms with Crippen LogP contribution in [0.2, 0.25) is 0 Å². The largest absolute Gasteiger partial charge is 0.465 e. The highest BCUT2D eigenvalue weighted by Gasteiger charge is 2.39. The molecule has 0 aliphatic carbocycles. The Labute approximate surface area is 130 Å². The Morgan fingerprint density at radius 1 is 1.38 bits per heavy atom. The number of carbonyl (C=O) groups excluding carboxylic acids is 2. The van der Waals surface area contributed by atoms with E-state index in [1.807, 2.05) is 40.0 Å². The first-order chi connectivity index (χ1) is 9.66. The first-order valence-electron chi connectivity index (χ1n) is 7.09. The number of ether oxygens (including phenoxy) is 1. The Bertz CT molecular complexity index is 503. The molecule has 1 aromatic rings. The fraction of sp³-hybridized carbons (Fsp3) is 0.667. The van der Waals surface area contributed by atoms with E-state index < -0.39 is 17.3 Å². The molecule has 0 aliphatic heterocycles. The van der Waals surface area contributed by atoms with Crippen LogP contribution in [0.1, 0.15) is 53.2 Å². The van der Waals surface area contributed by atoms with E-state index in [1.54, 1.807) is 6.92 Å². The molecule has 0 saturated carbocycles. The van der Waals surface area contributed by atoms with Crippen LogP contribution >= 0.6 is 11.3 Å². The molecule has 1 N–H and O–H groups in total. The number of rotatable bonds is 5. The Morgan fingerprint density at radius 2 is 2.00 bits per heavy atom. The molecule has 1 aromatic heterocycles. The average molecular weight is 312 g/mol. The normalized spacial score (nSPS) is 13.1. The third-order valence-corrected chi connectivity index (χ3v) is 3.77. The van der Waals surface area contributed by atoms with Gasteiger partial charge in [0.1, 0.15) is 5.92 Å². The lowest BCUT2D eigenvalue weighted by Gasteiger charge is -2.27. The van der Waals surface area contributed by atoms with Crippen LogP contribution in [0.3, 0.4) is 0 Å². The van der Waals surface area contributed by atoms with Crippen molar-refractivity contribution in [3.05, 3.63) is 11.1 Å². The highest BCUT2D eigenvalue weighted by atomic mass is 32.1. The van der Waals surface area contributed by atoms with Gasteiger partial charge in [0.05, 0.1) is 12.3 Å². The maximum absolute atomic E-state index is 12.4. The Balaban J connectivity index is 2.88. The van der Waals surface area contributed by atoms with Crippen molar-refractivity contribution in [3.8, 4) is 0 Å². The molecule has 1 amide bonds. The van der Waals surface area contributed by atoms with Gasteiger partial charge in [-0.2, -0.15) is 0 Å². The highest BCUT2D eigenvalue weighted by Crippen LogP contribution is 2.29. The number of hydrogen-bond acceptors (Lipinski definition) is 5. The smallest absolute Gasteiger partial charge is 0.319 e. The van der Waals surface area contributed by atoms with E-state index in [9.17, 15) is 9.59 Å². The number of nitrogens with one attached hydrogen (secondary N) is 1. The van der Waals surface area contributed by atoms with Crippen molar-refractivity contribution in [3.63, 3.8) is 0 Å². The molecule has 1 atom stereocenters. The molecule has 1 unspecified atom stereocenters. The number of esters is 1. The Kier molecular flexibility index (Phi) is 5.89. The average Bonchev–Trinajstić information content (AvgIpc) is 2.75. The molecule has 21 heavy (non-hydrogen) atoms. The maximum atomic E-state index is 12.4. The molecule has 0 aromatic carbocycles. The predicted molar refractivity (Wildman–Crippen MR) is 84.4 cm³/mol. The molecule has 0 saturated heterocycles. The predicted octanol–water partition coefficient (Wildman–Crippen LogP) is 3.43. The van der Waals surface area contributed by atoms with E-state index in [4.69, 9.17) is 4.74 Å². The molecule has 0 spiro atoms. The molecule has 6 heteroatoms. The lowest BCUT2D eigenvalue weighted by Crippen LogP contribution is -2.40. The number of carbonyl (C=O) groups is 2. The van der Waals surface area contributed by atoms with Crippen LogP contribution in [0.15, 0.2) is 5.38 Å². The second-order valence-corrected chi connectivity index (χ2v) is 7.13. The zero-order valence-electron chi connectivity index (χ0n) is 13.5. The molecule has 0 fully saturated rings. The molecule has 5 nitrogen and oxygen atoms in total. The minimum Gasteiger partial charge on any atom is -0.465 e. The van der Waals surface area contributed by atoms with E-state index in [2.05, 4.69) is 10.3 Å². The lowest BCUT2D eigenvalue weighted by molar-refractivity contribution is -0.155. The van der Waals surface area contributed by atoms with Gasteiger partial charge in [0.2, 0.25) is 5.91 Å². The number of hydrogen-bond donors (Lipinski definition) is 1. The van der Waals surface area contributed by atoms with Gasteiger partial charge >= 0.3 is 5.97 Å². The summed E-state index contributed by atoms with van der Waals surface area (Å²) in [7, 11) is 0. The molecule has 0 radical (unpaired) electrons. The van der Waals surface area contributed by atoms with Gasteiger partial charge in [0, 0.05) is 5.38 Å². The summed E-state index contributed by atoms with van der Waals surface area (Å²) < 4.78 is 5.02. The summed E-state index contributed by atoms with van der Waals surface area (Å²) >= 11 is 1.36. The summed E-state index contributed by atoms with van der Waals surface area (Å²) in [5.74, 6) is -1.42. The van der Waals surface area contributed by atoms with Gasteiger partial charge in [0.25, 0.3) is 0 Å². The maximum Gasteiger partial charge on any atom is 0.319 e. The Hall–Kier alpha value is -1.43. The van der Waals surface area contributed by atoms with E-state index in [0.29, 0.717) is 11.0 Å². The zero-order chi connectivity index (χ0) is 16.2. The minimum absolute atomic E-state index is 0.257.